The molecule has 0 unspecified atom stereocenters. The number of hydrogen-bond acceptors (Lipinski definition) is 3. The Balaban J connectivity index is 0.979. The van der Waals surface area contributed by atoms with E-state index in [0.717, 1.165) is 167 Å². The predicted molar refractivity (Wildman–Crippen MR) is 545 cm³/mol. The molecule has 0 saturated heterocycles. The van der Waals surface area contributed by atoms with Crippen molar-refractivity contribution in [2.45, 2.75) is 157 Å². The molecular weight excluding hydrogens is 1540 g/mol. The van der Waals surface area contributed by atoms with E-state index in [1.807, 2.05) is 0 Å². The van der Waals surface area contributed by atoms with Crippen molar-refractivity contribution < 1.29 is 4.42 Å². The number of rotatable bonds is 9. The van der Waals surface area contributed by atoms with E-state index in [9.17, 15) is 0 Å². The van der Waals surface area contributed by atoms with Crippen molar-refractivity contribution in [2.24, 2.45) is 0 Å². The summed E-state index contributed by atoms with van der Waals surface area (Å²) in [6.45, 7) is 41.7. The van der Waals surface area contributed by atoms with Crippen LogP contribution in [0.3, 0.4) is 0 Å². The lowest BCUT2D eigenvalue weighted by atomic mass is 9.33. The first-order valence-electron chi connectivity index (χ1n) is 45.5. The third-order valence-electron chi connectivity index (χ3n) is 27.7. The second kappa shape index (κ2) is 28.4. The van der Waals surface area contributed by atoms with Gasteiger partial charge in [0.15, 0.2) is 0 Å². The van der Waals surface area contributed by atoms with Gasteiger partial charge in [-0.05, 0) is 214 Å². The highest BCUT2D eigenvalue weighted by atomic mass is 16.3. The molecule has 22 rings (SSSR count). The first-order chi connectivity index (χ1) is 60.8. The van der Waals surface area contributed by atoms with Gasteiger partial charge in [-0.3, -0.25) is 0 Å². The van der Waals surface area contributed by atoms with Crippen molar-refractivity contribution >= 4 is 145 Å². The topological polar surface area (TPSA) is 34.4 Å². The Bertz CT molecular complexity index is 7580. The molecule has 0 spiro atoms. The Morgan fingerprint density at radius 2 is 0.528 bits per heavy atom. The standard InChI is InChI=1S/C120H108BN5O/c1-115(2,3)77-49-57-97-90(63-77)91-64-78(116(4,5)6)50-58-98(91)122(97)83-55-56-96-103(69-83)125(112-85(73-35-23-19-24-36-73)44-33-45-86(112)74-37-25-20-26-38-74)105-70-84(123-99-59-51-79(117(7,8)9)65-92(99)93-66-80(118(10,11)12)52-60-100(93)123)71-106-110(105)121(96)111-107(126(106)113-87(75-39-27-21-28-40-75)46-34-47-88(113)76-41-29-22-30-42-76)72-104(109-89-43-31-32-48-108(89)127-114(109)111)124-101-61-53-81(119(13,14)15)67-94(101)95-68-82(120(16,17)18)54-62-102(95)124/h19-72H,1-18H3. The fourth-order valence-corrected chi connectivity index (χ4v) is 20.9. The van der Waals surface area contributed by atoms with Crippen LogP contribution in [-0.2, 0) is 32.5 Å². The van der Waals surface area contributed by atoms with Crippen molar-refractivity contribution in [3.63, 3.8) is 0 Å². The predicted octanol–water partition coefficient (Wildman–Crippen LogP) is 31.4. The van der Waals surface area contributed by atoms with Gasteiger partial charge in [-0.1, -0.05) is 343 Å². The van der Waals surface area contributed by atoms with Crippen LogP contribution in [-0.4, -0.2) is 20.4 Å². The highest BCUT2D eigenvalue weighted by molar-refractivity contribution is 7.01. The average Bonchev–Trinajstić information content (AvgIpc) is 1.66. The lowest BCUT2D eigenvalue weighted by Crippen LogP contribution is -2.61. The number of fused-ring (bicyclic) bond motifs is 17. The average molecular weight is 1650 g/mol. The van der Waals surface area contributed by atoms with Gasteiger partial charge in [0.1, 0.15) is 11.2 Å². The van der Waals surface area contributed by atoms with Crippen molar-refractivity contribution in [3.05, 3.63) is 361 Å². The number of para-hydroxylation sites is 3. The molecule has 0 saturated carbocycles. The van der Waals surface area contributed by atoms with Gasteiger partial charge in [0.2, 0.25) is 0 Å². The Labute approximate surface area is 747 Å². The van der Waals surface area contributed by atoms with E-state index >= 15 is 0 Å². The summed E-state index contributed by atoms with van der Waals surface area (Å²) in [5, 5.41) is 9.45. The van der Waals surface area contributed by atoms with Crippen LogP contribution in [0.15, 0.2) is 332 Å². The maximum atomic E-state index is 8.18. The van der Waals surface area contributed by atoms with E-state index in [1.54, 1.807) is 0 Å². The molecule has 0 radical (unpaired) electrons. The monoisotopic (exact) mass is 1650 g/mol. The van der Waals surface area contributed by atoms with Crippen LogP contribution in [0, 0.1) is 0 Å². The molecule has 0 bridgehead atoms. The molecule has 0 amide bonds. The first kappa shape index (κ1) is 79.3. The minimum atomic E-state index is -0.485. The van der Waals surface area contributed by atoms with Crippen LogP contribution < -0.4 is 26.2 Å². The van der Waals surface area contributed by atoms with E-state index in [2.05, 4.69) is 476 Å². The molecule has 6 heterocycles. The molecule has 0 aliphatic carbocycles. The minimum absolute atomic E-state index is 0.103. The summed E-state index contributed by atoms with van der Waals surface area (Å²) in [4.78, 5) is 5.47. The number of anilines is 6. The highest BCUT2D eigenvalue weighted by Crippen LogP contribution is 2.57. The zero-order chi connectivity index (χ0) is 87.6. The minimum Gasteiger partial charge on any atom is -0.456 e. The molecule has 20 aromatic rings. The summed E-state index contributed by atoms with van der Waals surface area (Å²) in [6, 6.07) is 127. The van der Waals surface area contributed by atoms with E-state index in [4.69, 9.17) is 4.42 Å². The summed E-state index contributed by atoms with van der Waals surface area (Å²) < 4.78 is 16.0. The number of nitrogens with zero attached hydrogens (tertiary/aromatic N) is 5. The second-order valence-electron chi connectivity index (χ2n) is 42.1. The largest absolute Gasteiger partial charge is 0.456 e. The Kier molecular flexibility index (Phi) is 17.8. The van der Waals surface area contributed by atoms with Gasteiger partial charge in [0.05, 0.1) is 61.2 Å². The van der Waals surface area contributed by atoms with Crippen LogP contribution in [0.1, 0.15) is 158 Å². The zero-order valence-electron chi connectivity index (χ0n) is 76.4. The fraction of sp³-hybridized carbons (Fsp3) is 0.200. The lowest BCUT2D eigenvalue weighted by Gasteiger charge is -2.46. The number of benzene rings is 16. The number of aromatic nitrogens is 3. The van der Waals surface area contributed by atoms with Gasteiger partial charge in [0, 0.05) is 88.4 Å². The van der Waals surface area contributed by atoms with Gasteiger partial charge in [-0.25, -0.2) is 0 Å². The van der Waals surface area contributed by atoms with Crippen LogP contribution in [0.4, 0.5) is 34.1 Å². The molecular formula is C120H108BN5O. The number of hydrogen-bond donors (Lipinski definition) is 0. The molecule has 0 N–H and O–H groups in total. The molecule has 0 fully saturated rings. The van der Waals surface area contributed by atoms with Crippen molar-refractivity contribution in [3.8, 4) is 61.6 Å². The normalized spacial score (nSPS) is 13.4. The molecule has 4 aromatic heterocycles. The lowest BCUT2D eigenvalue weighted by molar-refractivity contribution is 0.590. The summed E-state index contributed by atoms with van der Waals surface area (Å²) in [6.07, 6.45) is 0. The van der Waals surface area contributed by atoms with E-state index < -0.39 is 6.71 Å². The van der Waals surface area contributed by atoms with Gasteiger partial charge in [-0.15, -0.1) is 0 Å². The Morgan fingerprint density at radius 1 is 0.228 bits per heavy atom. The molecule has 16 aromatic carbocycles. The van der Waals surface area contributed by atoms with Crippen LogP contribution in [0.5, 0.6) is 0 Å². The van der Waals surface area contributed by atoms with Crippen LogP contribution >= 0.6 is 0 Å². The van der Waals surface area contributed by atoms with Gasteiger partial charge in [-0.2, -0.15) is 0 Å². The molecule has 2 aliphatic heterocycles. The van der Waals surface area contributed by atoms with Gasteiger partial charge in [0.25, 0.3) is 6.71 Å². The van der Waals surface area contributed by atoms with Gasteiger partial charge >= 0.3 is 0 Å². The van der Waals surface area contributed by atoms with Crippen LogP contribution in [0.2, 0.25) is 0 Å². The smallest absolute Gasteiger partial charge is 0.257 e. The summed E-state index contributed by atoms with van der Waals surface area (Å²) >= 11 is 0. The van der Waals surface area contributed by atoms with E-state index in [1.165, 1.54) is 65.7 Å². The first-order valence-corrected chi connectivity index (χ1v) is 45.5. The zero-order valence-corrected chi connectivity index (χ0v) is 76.4. The Hall–Kier alpha value is -13.6. The second-order valence-corrected chi connectivity index (χ2v) is 42.1. The summed E-state index contributed by atoms with van der Waals surface area (Å²) in [5.41, 5.74) is 37.1. The summed E-state index contributed by atoms with van der Waals surface area (Å²) in [5.74, 6) is 0. The molecule has 2 aliphatic rings. The van der Waals surface area contributed by atoms with Crippen LogP contribution in [0.25, 0.3) is 149 Å². The third kappa shape index (κ3) is 12.7. The maximum absolute atomic E-state index is 8.18. The quantitative estimate of drug-likeness (QED) is 0.135. The molecule has 0 atom stereocenters. The van der Waals surface area contributed by atoms with Crippen molar-refractivity contribution in [1.82, 2.24) is 13.7 Å². The molecule has 622 valence electrons. The van der Waals surface area contributed by atoms with Gasteiger partial charge < -0.3 is 27.9 Å². The molecule has 127 heavy (non-hydrogen) atoms. The fourth-order valence-electron chi connectivity index (χ4n) is 20.9. The highest BCUT2D eigenvalue weighted by Gasteiger charge is 2.49. The van der Waals surface area contributed by atoms with Crippen molar-refractivity contribution in [1.29, 1.82) is 0 Å². The molecule has 6 nitrogen and oxygen atoms in total. The van der Waals surface area contributed by atoms with E-state index in [-0.39, 0.29) is 32.5 Å². The third-order valence-corrected chi connectivity index (χ3v) is 27.7. The summed E-state index contributed by atoms with van der Waals surface area (Å²) in [7, 11) is 0. The van der Waals surface area contributed by atoms with E-state index in [0.29, 0.717) is 0 Å². The Morgan fingerprint density at radius 3 is 0.874 bits per heavy atom. The maximum Gasteiger partial charge on any atom is 0.257 e. The number of furan rings is 1. The van der Waals surface area contributed by atoms with Crippen molar-refractivity contribution in [2.75, 3.05) is 9.80 Å². The SMILES string of the molecule is CC(C)(C)c1ccc2c(c1)c1cc(C(C)(C)C)ccc1n2-c1ccc2c(c1)N(c1c(-c3ccccc3)cccc1-c1ccccc1)c1cc(-n3c4ccc(C(C)(C)C)cc4c4cc(C(C)(C)C)ccc43)cc3c1B2c1c(cc(-n2c4ccc(C(C)(C)C)cc4c4cc(C(C)(C)C)ccc42)c2c1oc1ccccc12)N3c1c(-c2ccccc2)cccc1-c1ccccc1. The molecule has 7 heteroatoms.